The van der Waals surface area contributed by atoms with Crippen molar-refractivity contribution in [2.75, 3.05) is 19.7 Å². The number of morpholine rings is 1. The number of nitrogens with one attached hydrogen (secondary N) is 2. The molecule has 7 heteroatoms. The SMILES string of the molecule is O=C(CN1CCO[C@H]2CCCC[C@@H]21)NC(=O)NCc1cccs1. The maximum absolute atomic E-state index is 12.1. The fourth-order valence-electron chi connectivity index (χ4n) is 3.35. The number of carbonyl (C=O) groups excluding carboxylic acids is 2. The summed E-state index contributed by atoms with van der Waals surface area (Å²) in [6.07, 6.45) is 4.78. The van der Waals surface area contributed by atoms with E-state index in [4.69, 9.17) is 4.74 Å². The Morgan fingerprint density at radius 2 is 2.22 bits per heavy atom. The van der Waals surface area contributed by atoms with Gasteiger partial charge in [0.2, 0.25) is 5.91 Å². The molecule has 1 saturated heterocycles. The molecule has 1 aromatic rings. The molecule has 3 rings (SSSR count). The van der Waals surface area contributed by atoms with Gasteiger partial charge in [-0.05, 0) is 24.3 Å². The number of amides is 3. The normalized spacial score (nSPS) is 24.7. The second kappa shape index (κ2) is 7.90. The molecule has 6 nitrogen and oxygen atoms in total. The van der Waals surface area contributed by atoms with Gasteiger partial charge in [0, 0.05) is 17.5 Å². The Kier molecular flexibility index (Phi) is 5.64. The summed E-state index contributed by atoms with van der Waals surface area (Å²) < 4.78 is 5.80. The van der Waals surface area contributed by atoms with Crippen molar-refractivity contribution in [2.24, 2.45) is 0 Å². The van der Waals surface area contributed by atoms with Gasteiger partial charge in [0.15, 0.2) is 0 Å². The van der Waals surface area contributed by atoms with Crippen LogP contribution in [-0.2, 0) is 16.1 Å². The molecule has 0 aromatic carbocycles. The highest BCUT2D eigenvalue weighted by Gasteiger charge is 2.34. The highest BCUT2D eigenvalue weighted by atomic mass is 32.1. The molecule has 1 aromatic heterocycles. The van der Waals surface area contributed by atoms with Gasteiger partial charge in [-0.1, -0.05) is 18.9 Å². The summed E-state index contributed by atoms with van der Waals surface area (Å²) in [4.78, 5) is 27.1. The summed E-state index contributed by atoms with van der Waals surface area (Å²) >= 11 is 1.58. The average molecular weight is 337 g/mol. The Morgan fingerprint density at radius 1 is 1.35 bits per heavy atom. The van der Waals surface area contributed by atoms with Crippen LogP contribution in [0.4, 0.5) is 4.79 Å². The molecule has 1 saturated carbocycles. The molecule has 23 heavy (non-hydrogen) atoms. The van der Waals surface area contributed by atoms with E-state index in [1.165, 1.54) is 12.8 Å². The molecule has 0 radical (unpaired) electrons. The predicted octanol–water partition coefficient (Wildman–Crippen LogP) is 1.72. The van der Waals surface area contributed by atoms with Gasteiger partial charge in [-0.3, -0.25) is 15.0 Å². The minimum Gasteiger partial charge on any atom is -0.375 e. The van der Waals surface area contributed by atoms with Crippen LogP contribution in [0.5, 0.6) is 0 Å². The molecule has 2 fully saturated rings. The van der Waals surface area contributed by atoms with Gasteiger partial charge >= 0.3 is 6.03 Å². The molecule has 0 spiro atoms. The lowest BCUT2D eigenvalue weighted by Gasteiger charge is -2.43. The van der Waals surface area contributed by atoms with Crippen LogP contribution >= 0.6 is 11.3 Å². The predicted molar refractivity (Wildman–Crippen MR) is 88.3 cm³/mol. The number of hydrogen-bond acceptors (Lipinski definition) is 5. The van der Waals surface area contributed by atoms with Crippen molar-refractivity contribution in [3.63, 3.8) is 0 Å². The number of rotatable bonds is 4. The Bertz CT molecular complexity index is 533. The van der Waals surface area contributed by atoms with Crippen LogP contribution < -0.4 is 10.6 Å². The van der Waals surface area contributed by atoms with Crippen LogP contribution in [0.25, 0.3) is 0 Å². The fraction of sp³-hybridized carbons (Fsp3) is 0.625. The zero-order valence-electron chi connectivity index (χ0n) is 13.1. The van der Waals surface area contributed by atoms with Crippen molar-refractivity contribution in [2.45, 2.75) is 44.4 Å². The maximum atomic E-state index is 12.1. The topological polar surface area (TPSA) is 70.7 Å². The summed E-state index contributed by atoms with van der Waals surface area (Å²) in [5.41, 5.74) is 0. The second-order valence-corrected chi connectivity index (χ2v) is 7.07. The lowest BCUT2D eigenvalue weighted by atomic mass is 9.90. The Labute approximate surface area is 140 Å². The molecule has 1 aliphatic carbocycles. The average Bonchev–Trinajstić information content (AvgIpc) is 3.07. The van der Waals surface area contributed by atoms with Gasteiger partial charge in [-0.25, -0.2) is 4.79 Å². The number of ether oxygens (including phenoxy) is 1. The molecule has 2 N–H and O–H groups in total. The quantitative estimate of drug-likeness (QED) is 0.878. The highest BCUT2D eigenvalue weighted by Crippen LogP contribution is 2.28. The number of carbonyl (C=O) groups is 2. The summed E-state index contributed by atoms with van der Waals surface area (Å²) in [5, 5.41) is 7.08. The standard InChI is InChI=1S/C16H23N3O3S/c20-15(18-16(21)17-10-12-4-3-9-23-12)11-19-7-8-22-14-6-2-1-5-13(14)19/h3-4,9,13-14H,1-2,5-8,10-11H2,(H2,17,18,20,21)/t13-,14-/m0/s1. The van der Waals surface area contributed by atoms with Crippen LogP contribution in [0.15, 0.2) is 17.5 Å². The van der Waals surface area contributed by atoms with Crippen LogP contribution in [0.3, 0.4) is 0 Å². The molecule has 126 valence electrons. The first-order chi connectivity index (χ1) is 11.2. The van der Waals surface area contributed by atoms with E-state index in [0.717, 1.165) is 24.3 Å². The number of imide groups is 1. The second-order valence-electron chi connectivity index (χ2n) is 6.04. The van der Waals surface area contributed by atoms with Crippen molar-refractivity contribution in [3.05, 3.63) is 22.4 Å². The van der Waals surface area contributed by atoms with Gasteiger partial charge in [0.1, 0.15) is 0 Å². The minimum absolute atomic E-state index is 0.248. The van der Waals surface area contributed by atoms with Crippen LogP contribution in [-0.4, -0.2) is 48.7 Å². The van der Waals surface area contributed by atoms with Crippen LogP contribution in [0.2, 0.25) is 0 Å². The first-order valence-electron chi connectivity index (χ1n) is 8.18. The van der Waals surface area contributed by atoms with Gasteiger partial charge < -0.3 is 10.1 Å². The van der Waals surface area contributed by atoms with E-state index in [1.807, 2.05) is 17.5 Å². The number of fused-ring (bicyclic) bond motifs is 1. The summed E-state index contributed by atoms with van der Waals surface area (Å²) in [5.74, 6) is -0.250. The van der Waals surface area contributed by atoms with E-state index in [9.17, 15) is 9.59 Å². The molecule has 2 heterocycles. The molecular weight excluding hydrogens is 314 g/mol. The summed E-state index contributed by atoms with van der Waals surface area (Å²) in [7, 11) is 0. The Morgan fingerprint density at radius 3 is 3.04 bits per heavy atom. The van der Waals surface area contributed by atoms with Gasteiger partial charge in [-0.2, -0.15) is 0 Å². The van der Waals surface area contributed by atoms with Gasteiger partial charge in [-0.15, -0.1) is 11.3 Å². The first kappa shape index (κ1) is 16.4. The third-order valence-electron chi connectivity index (χ3n) is 4.45. The van der Waals surface area contributed by atoms with Gasteiger partial charge in [0.05, 0.1) is 25.8 Å². The molecule has 0 unspecified atom stereocenters. The largest absolute Gasteiger partial charge is 0.375 e. The van der Waals surface area contributed by atoms with E-state index in [2.05, 4.69) is 15.5 Å². The van der Waals surface area contributed by atoms with E-state index >= 15 is 0 Å². The molecule has 2 aliphatic rings. The summed E-state index contributed by atoms with van der Waals surface area (Å²) in [6, 6.07) is 3.77. The molecule has 1 aliphatic heterocycles. The van der Waals surface area contributed by atoms with Crippen LogP contribution in [0.1, 0.15) is 30.6 Å². The smallest absolute Gasteiger partial charge is 0.321 e. The fourth-order valence-corrected chi connectivity index (χ4v) is 3.99. The molecule has 0 bridgehead atoms. The van der Waals surface area contributed by atoms with E-state index in [1.54, 1.807) is 11.3 Å². The summed E-state index contributed by atoms with van der Waals surface area (Å²) in [6.45, 7) is 2.13. The van der Waals surface area contributed by atoms with E-state index in [-0.39, 0.29) is 18.6 Å². The Balaban J connectivity index is 1.43. The third kappa shape index (κ3) is 4.53. The lowest BCUT2D eigenvalue weighted by molar-refractivity contribution is -0.128. The zero-order valence-corrected chi connectivity index (χ0v) is 13.9. The number of thiophene rings is 1. The number of urea groups is 1. The monoisotopic (exact) mass is 337 g/mol. The third-order valence-corrected chi connectivity index (χ3v) is 5.33. The van der Waals surface area contributed by atoms with Crippen molar-refractivity contribution < 1.29 is 14.3 Å². The zero-order chi connectivity index (χ0) is 16.1. The first-order valence-corrected chi connectivity index (χ1v) is 9.06. The van der Waals surface area contributed by atoms with Crippen molar-refractivity contribution in [1.29, 1.82) is 0 Å². The Hall–Kier alpha value is -1.44. The van der Waals surface area contributed by atoms with Gasteiger partial charge in [0.25, 0.3) is 0 Å². The van der Waals surface area contributed by atoms with Crippen molar-refractivity contribution in [3.8, 4) is 0 Å². The minimum atomic E-state index is -0.433. The molecule has 2 atom stereocenters. The van der Waals surface area contributed by atoms with Crippen LogP contribution in [0, 0.1) is 0 Å². The molecule has 3 amide bonds. The maximum Gasteiger partial charge on any atom is 0.321 e. The lowest BCUT2D eigenvalue weighted by Crippen LogP contribution is -2.55. The van der Waals surface area contributed by atoms with E-state index in [0.29, 0.717) is 19.2 Å². The van der Waals surface area contributed by atoms with Crippen molar-refractivity contribution >= 4 is 23.3 Å². The highest BCUT2D eigenvalue weighted by molar-refractivity contribution is 7.09. The van der Waals surface area contributed by atoms with Crippen molar-refractivity contribution in [1.82, 2.24) is 15.5 Å². The number of nitrogens with zero attached hydrogens (tertiary/aromatic N) is 1. The van der Waals surface area contributed by atoms with E-state index < -0.39 is 6.03 Å². The molecular formula is C16H23N3O3S. The number of hydrogen-bond donors (Lipinski definition) is 2.